The van der Waals surface area contributed by atoms with Gasteiger partial charge in [-0.3, -0.25) is 9.59 Å². The number of ketones is 1. The van der Waals surface area contributed by atoms with Crippen molar-refractivity contribution in [3.63, 3.8) is 0 Å². The number of aldehydes is 1. The second-order valence-electron chi connectivity index (χ2n) is 4.21. The van der Waals surface area contributed by atoms with Crippen molar-refractivity contribution in [3.8, 4) is 5.75 Å². The van der Waals surface area contributed by atoms with E-state index in [2.05, 4.69) is 5.32 Å². The number of aliphatic hydroxyl groups excluding tert-OH is 1. The summed E-state index contributed by atoms with van der Waals surface area (Å²) in [5, 5.41) is 20.4. The minimum Gasteiger partial charge on any atom is -0.508 e. The van der Waals surface area contributed by atoms with Gasteiger partial charge in [0.05, 0.1) is 12.1 Å². The molecule has 1 aliphatic rings. The first kappa shape index (κ1) is 14.3. The van der Waals surface area contributed by atoms with Crippen molar-refractivity contribution in [2.45, 2.75) is 25.5 Å². The van der Waals surface area contributed by atoms with Gasteiger partial charge in [-0.2, -0.15) is 0 Å². The number of aliphatic hydroxyl groups is 1. The normalized spacial score (nSPS) is 21.9. The molecular formula is C13H17NO4. The van der Waals surface area contributed by atoms with Gasteiger partial charge in [0.1, 0.15) is 5.75 Å². The number of benzene rings is 1. The lowest BCUT2D eigenvalue weighted by atomic mass is 10.1. The molecule has 1 heterocycles. The van der Waals surface area contributed by atoms with Crippen LogP contribution < -0.4 is 5.32 Å². The Bertz CT molecular complexity index is 381. The maximum absolute atomic E-state index is 10.6. The molecule has 1 unspecified atom stereocenters. The molecule has 1 aromatic carbocycles. The fraction of sp³-hybridized carbons (Fsp3) is 0.385. The largest absolute Gasteiger partial charge is 0.508 e. The molecule has 0 radical (unpaired) electrons. The van der Waals surface area contributed by atoms with Crippen LogP contribution in [-0.4, -0.2) is 41.0 Å². The lowest BCUT2D eigenvalue weighted by molar-refractivity contribution is -0.131. The van der Waals surface area contributed by atoms with Gasteiger partial charge in [-0.1, -0.05) is 17.7 Å². The van der Waals surface area contributed by atoms with E-state index in [-0.39, 0.29) is 6.29 Å². The molecule has 2 atom stereocenters. The van der Waals surface area contributed by atoms with E-state index in [1.54, 1.807) is 12.1 Å². The standard InChI is InChI=1S/C7H8O.C6H9NO3/c1-6-2-4-7(8)5-3-6;8-3-6(10)5-1-4(9)2-7-5/h2-5,8H,1H3;3-5,7,9H,1-2H2/t;4-,5?/m.0/s1. The summed E-state index contributed by atoms with van der Waals surface area (Å²) in [5.74, 6) is -0.146. The topological polar surface area (TPSA) is 86.6 Å². The number of hydrogen-bond acceptors (Lipinski definition) is 5. The van der Waals surface area contributed by atoms with Gasteiger partial charge in [0, 0.05) is 6.54 Å². The zero-order valence-electron chi connectivity index (χ0n) is 10.2. The molecule has 1 saturated heterocycles. The third kappa shape index (κ3) is 4.65. The van der Waals surface area contributed by atoms with Crippen LogP contribution in [0.1, 0.15) is 12.0 Å². The Hall–Kier alpha value is -1.72. The van der Waals surface area contributed by atoms with Crippen molar-refractivity contribution in [1.29, 1.82) is 0 Å². The van der Waals surface area contributed by atoms with Gasteiger partial charge in [0.25, 0.3) is 0 Å². The van der Waals surface area contributed by atoms with E-state index < -0.39 is 17.9 Å². The number of hydrogen-bond donors (Lipinski definition) is 3. The van der Waals surface area contributed by atoms with Crippen LogP contribution in [0.3, 0.4) is 0 Å². The summed E-state index contributed by atoms with van der Waals surface area (Å²) < 4.78 is 0. The van der Waals surface area contributed by atoms with Crippen LogP contribution >= 0.6 is 0 Å². The number of aromatic hydroxyl groups is 1. The smallest absolute Gasteiger partial charge is 0.212 e. The Kier molecular flexibility index (Phi) is 5.48. The van der Waals surface area contributed by atoms with Crippen LogP contribution in [0.5, 0.6) is 5.75 Å². The lowest BCUT2D eigenvalue weighted by Gasteiger charge is -2.00. The average Bonchev–Trinajstić information content (AvgIpc) is 2.79. The molecule has 0 aromatic heterocycles. The number of phenolic OH excluding ortho intramolecular Hbond substituents is 1. The summed E-state index contributed by atoms with van der Waals surface area (Å²) in [6.07, 6.45) is 0.168. The summed E-state index contributed by atoms with van der Waals surface area (Å²) in [4.78, 5) is 20.5. The van der Waals surface area contributed by atoms with Crippen molar-refractivity contribution < 1.29 is 19.8 Å². The van der Waals surface area contributed by atoms with Gasteiger partial charge in [-0.15, -0.1) is 0 Å². The zero-order chi connectivity index (χ0) is 13.5. The predicted octanol–water partition coefficient (Wildman–Crippen LogP) is 0.178. The van der Waals surface area contributed by atoms with Gasteiger partial charge >= 0.3 is 0 Å². The number of β-amino-alcohol motifs (C(OH)–C–C–N with tert-alkyl or cyclic N) is 1. The van der Waals surface area contributed by atoms with Gasteiger partial charge in [-0.05, 0) is 25.5 Å². The van der Waals surface area contributed by atoms with Crippen LogP contribution in [0.2, 0.25) is 0 Å². The van der Waals surface area contributed by atoms with Crippen LogP contribution in [0.4, 0.5) is 0 Å². The van der Waals surface area contributed by atoms with Crippen LogP contribution in [0.15, 0.2) is 24.3 Å². The van der Waals surface area contributed by atoms with Crippen LogP contribution in [-0.2, 0) is 9.59 Å². The molecule has 98 valence electrons. The highest BCUT2D eigenvalue weighted by molar-refractivity contribution is 6.27. The molecule has 1 aliphatic heterocycles. The summed E-state index contributed by atoms with van der Waals surface area (Å²) in [7, 11) is 0. The first-order chi connectivity index (χ1) is 8.52. The van der Waals surface area contributed by atoms with Gasteiger partial charge < -0.3 is 15.5 Å². The number of rotatable bonds is 2. The number of carbonyl (C=O) groups excluding carboxylic acids is 2. The minimum absolute atomic E-state index is 0.287. The van der Waals surface area contributed by atoms with Crippen molar-refractivity contribution in [3.05, 3.63) is 29.8 Å². The van der Waals surface area contributed by atoms with Crippen molar-refractivity contribution >= 4 is 12.1 Å². The summed E-state index contributed by atoms with van der Waals surface area (Å²) in [6, 6.07) is 6.64. The highest BCUT2D eigenvalue weighted by Gasteiger charge is 2.27. The fourth-order valence-corrected chi connectivity index (χ4v) is 1.56. The Morgan fingerprint density at radius 1 is 1.39 bits per heavy atom. The molecule has 1 aromatic rings. The Morgan fingerprint density at radius 2 is 2.00 bits per heavy atom. The van der Waals surface area contributed by atoms with E-state index in [1.807, 2.05) is 19.1 Å². The fourth-order valence-electron chi connectivity index (χ4n) is 1.56. The van der Waals surface area contributed by atoms with Crippen LogP contribution in [0, 0.1) is 6.92 Å². The molecule has 2 rings (SSSR count). The highest BCUT2D eigenvalue weighted by atomic mass is 16.3. The zero-order valence-corrected chi connectivity index (χ0v) is 10.2. The summed E-state index contributed by atoms with van der Waals surface area (Å²) >= 11 is 0. The molecule has 0 amide bonds. The number of aryl methyl sites for hydroxylation is 1. The van der Waals surface area contributed by atoms with E-state index in [0.29, 0.717) is 18.7 Å². The second kappa shape index (κ2) is 6.88. The number of nitrogens with one attached hydrogen (secondary N) is 1. The summed E-state index contributed by atoms with van der Waals surface area (Å²) in [6.45, 7) is 2.39. The van der Waals surface area contributed by atoms with E-state index in [9.17, 15) is 9.59 Å². The first-order valence-corrected chi connectivity index (χ1v) is 5.69. The maximum atomic E-state index is 10.6. The number of Topliss-reactive ketones (excluding diaryl/α,β-unsaturated/α-hetero) is 1. The summed E-state index contributed by atoms with van der Waals surface area (Å²) in [5.41, 5.74) is 1.17. The number of carbonyl (C=O) groups is 2. The Balaban J connectivity index is 0.000000184. The molecule has 0 spiro atoms. The van der Waals surface area contributed by atoms with Crippen molar-refractivity contribution in [1.82, 2.24) is 5.32 Å². The molecule has 0 bridgehead atoms. The molecule has 5 nitrogen and oxygen atoms in total. The lowest BCUT2D eigenvalue weighted by Crippen LogP contribution is -2.31. The molecular weight excluding hydrogens is 234 g/mol. The quantitative estimate of drug-likeness (QED) is 0.515. The molecule has 1 fully saturated rings. The van der Waals surface area contributed by atoms with E-state index in [1.165, 1.54) is 5.56 Å². The van der Waals surface area contributed by atoms with Crippen molar-refractivity contribution in [2.75, 3.05) is 6.54 Å². The van der Waals surface area contributed by atoms with Gasteiger partial charge in [0.2, 0.25) is 5.78 Å². The average molecular weight is 251 g/mol. The Labute approximate surface area is 105 Å². The predicted molar refractivity (Wildman–Crippen MR) is 66.3 cm³/mol. The SMILES string of the molecule is Cc1ccc(O)cc1.O=CC(=O)C1C[C@H](O)CN1. The van der Waals surface area contributed by atoms with E-state index >= 15 is 0 Å². The van der Waals surface area contributed by atoms with Crippen LogP contribution in [0.25, 0.3) is 0 Å². The maximum Gasteiger partial charge on any atom is 0.212 e. The molecule has 0 saturated carbocycles. The van der Waals surface area contributed by atoms with E-state index in [4.69, 9.17) is 10.2 Å². The van der Waals surface area contributed by atoms with E-state index in [0.717, 1.165) is 0 Å². The minimum atomic E-state index is -0.478. The molecule has 5 heteroatoms. The second-order valence-corrected chi connectivity index (χ2v) is 4.21. The number of phenols is 1. The highest BCUT2D eigenvalue weighted by Crippen LogP contribution is 2.07. The Morgan fingerprint density at radius 3 is 2.39 bits per heavy atom. The third-order valence-electron chi connectivity index (χ3n) is 2.60. The molecule has 18 heavy (non-hydrogen) atoms. The third-order valence-corrected chi connectivity index (χ3v) is 2.60. The van der Waals surface area contributed by atoms with Gasteiger partial charge in [-0.25, -0.2) is 0 Å². The monoisotopic (exact) mass is 251 g/mol. The first-order valence-electron chi connectivity index (χ1n) is 5.69. The van der Waals surface area contributed by atoms with Gasteiger partial charge in [0.15, 0.2) is 6.29 Å². The van der Waals surface area contributed by atoms with Crippen molar-refractivity contribution in [2.24, 2.45) is 0 Å². The molecule has 0 aliphatic carbocycles. The molecule has 3 N–H and O–H groups in total.